The third-order valence-corrected chi connectivity index (χ3v) is 3.68. The summed E-state index contributed by atoms with van der Waals surface area (Å²) in [6, 6.07) is 15.2. The number of carbonyl (C=O) groups is 1. The van der Waals surface area contributed by atoms with Gasteiger partial charge < -0.3 is 10.6 Å². The number of hydrogen-bond acceptors (Lipinski definition) is 2. The molecule has 0 aliphatic rings. The maximum Gasteiger partial charge on any atom is 0.253 e. The fraction of sp³-hybridized carbons (Fsp3) is 0.188. The number of likely N-dealkylation sites (N-methyl/N-ethyl adjacent to an activating group) is 1. The van der Waals surface area contributed by atoms with Crippen LogP contribution in [0.5, 0.6) is 0 Å². The second kappa shape index (κ2) is 6.57. The summed E-state index contributed by atoms with van der Waals surface area (Å²) in [6.07, 6.45) is 0.838. The highest BCUT2D eigenvalue weighted by molar-refractivity contribution is 9.10. The summed E-state index contributed by atoms with van der Waals surface area (Å²) in [5.41, 5.74) is 8.16. The maximum absolute atomic E-state index is 12.2. The zero-order chi connectivity index (χ0) is 14.5. The van der Waals surface area contributed by atoms with Gasteiger partial charge in [-0.3, -0.25) is 4.79 Å². The minimum Gasteiger partial charge on any atom is -0.399 e. The highest BCUT2D eigenvalue weighted by Crippen LogP contribution is 2.12. The monoisotopic (exact) mass is 332 g/mol. The zero-order valence-electron chi connectivity index (χ0n) is 11.3. The van der Waals surface area contributed by atoms with E-state index in [4.69, 9.17) is 5.73 Å². The minimum atomic E-state index is 0.0158. The molecule has 0 aliphatic heterocycles. The van der Waals surface area contributed by atoms with Crippen LogP contribution in [0.1, 0.15) is 15.9 Å². The average Bonchev–Trinajstić information content (AvgIpc) is 2.46. The lowest BCUT2D eigenvalue weighted by Gasteiger charge is -2.17. The Bertz CT molecular complexity index is 578. The van der Waals surface area contributed by atoms with Gasteiger partial charge in [0.2, 0.25) is 0 Å². The number of halogens is 1. The second-order valence-corrected chi connectivity index (χ2v) is 5.64. The van der Waals surface area contributed by atoms with E-state index in [1.54, 1.807) is 29.2 Å². The van der Waals surface area contributed by atoms with Crippen molar-refractivity contribution in [1.82, 2.24) is 4.90 Å². The van der Waals surface area contributed by atoms with Gasteiger partial charge in [0.25, 0.3) is 5.91 Å². The Kier molecular flexibility index (Phi) is 4.79. The molecular formula is C16H17BrN2O. The first-order chi connectivity index (χ1) is 9.56. The van der Waals surface area contributed by atoms with Crippen molar-refractivity contribution in [3.05, 3.63) is 64.1 Å². The fourth-order valence-corrected chi connectivity index (χ4v) is 2.16. The Morgan fingerprint density at radius 3 is 2.30 bits per heavy atom. The fourth-order valence-electron chi connectivity index (χ4n) is 1.90. The zero-order valence-corrected chi connectivity index (χ0v) is 12.9. The Morgan fingerprint density at radius 2 is 1.70 bits per heavy atom. The number of anilines is 1. The quantitative estimate of drug-likeness (QED) is 0.873. The molecule has 0 unspecified atom stereocenters. The summed E-state index contributed by atoms with van der Waals surface area (Å²) in [5.74, 6) is 0.0158. The molecule has 0 spiro atoms. The molecule has 4 heteroatoms. The Labute approximate surface area is 127 Å². The third-order valence-electron chi connectivity index (χ3n) is 3.15. The summed E-state index contributed by atoms with van der Waals surface area (Å²) < 4.78 is 1.06. The van der Waals surface area contributed by atoms with E-state index >= 15 is 0 Å². The molecule has 0 aliphatic carbocycles. The van der Waals surface area contributed by atoms with Gasteiger partial charge >= 0.3 is 0 Å². The second-order valence-electron chi connectivity index (χ2n) is 4.73. The normalized spacial score (nSPS) is 10.3. The van der Waals surface area contributed by atoms with Crippen molar-refractivity contribution in [1.29, 1.82) is 0 Å². The van der Waals surface area contributed by atoms with Crippen molar-refractivity contribution < 1.29 is 4.79 Å². The lowest BCUT2D eigenvalue weighted by atomic mass is 10.1. The van der Waals surface area contributed by atoms with Crippen LogP contribution in [0.3, 0.4) is 0 Å². The Morgan fingerprint density at radius 1 is 1.10 bits per heavy atom. The molecule has 0 aromatic heterocycles. The summed E-state index contributed by atoms with van der Waals surface area (Å²) >= 11 is 3.41. The van der Waals surface area contributed by atoms with Crippen molar-refractivity contribution in [3.8, 4) is 0 Å². The topological polar surface area (TPSA) is 46.3 Å². The molecule has 1 amide bonds. The summed E-state index contributed by atoms with van der Waals surface area (Å²) in [6.45, 7) is 0.685. The highest BCUT2D eigenvalue weighted by Gasteiger charge is 2.11. The average molecular weight is 333 g/mol. The molecule has 0 heterocycles. The number of rotatable bonds is 4. The van der Waals surface area contributed by atoms with Crippen LogP contribution in [0.4, 0.5) is 5.69 Å². The molecule has 0 fully saturated rings. The Hall–Kier alpha value is -1.81. The van der Waals surface area contributed by atoms with Gasteiger partial charge in [-0.25, -0.2) is 0 Å². The highest BCUT2D eigenvalue weighted by atomic mass is 79.9. The van der Waals surface area contributed by atoms with E-state index in [1.165, 1.54) is 5.56 Å². The molecule has 0 saturated heterocycles. The smallest absolute Gasteiger partial charge is 0.253 e. The van der Waals surface area contributed by atoms with E-state index in [-0.39, 0.29) is 5.91 Å². The van der Waals surface area contributed by atoms with Gasteiger partial charge in [0.15, 0.2) is 0 Å². The molecule has 20 heavy (non-hydrogen) atoms. The SMILES string of the molecule is CN(CCc1ccc(Br)cc1)C(=O)c1ccc(N)cc1. The van der Waals surface area contributed by atoms with Crippen LogP contribution in [0.25, 0.3) is 0 Å². The first-order valence-corrected chi connectivity index (χ1v) is 7.21. The molecule has 2 N–H and O–H groups in total. The minimum absolute atomic E-state index is 0.0158. The number of benzene rings is 2. The number of amides is 1. The number of nitrogens with zero attached hydrogens (tertiary/aromatic N) is 1. The van der Waals surface area contributed by atoms with Crippen molar-refractivity contribution in [2.75, 3.05) is 19.3 Å². The van der Waals surface area contributed by atoms with E-state index in [0.717, 1.165) is 10.9 Å². The summed E-state index contributed by atoms with van der Waals surface area (Å²) in [5, 5.41) is 0. The molecule has 3 nitrogen and oxygen atoms in total. The van der Waals surface area contributed by atoms with E-state index < -0.39 is 0 Å². The van der Waals surface area contributed by atoms with Crippen LogP contribution < -0.4 is 5.73 Å². The number of nitrogen functional groups attached to an aromatic ring is 1. The molecule has 2 aromatic rings. The van der Waals surface area contributed by atoms with Gasteiger partial charge in [-0.1, -0.05) is 28.1 Å². The van der Waals surface area contributed by atoms with Crippen LogP contribution in [0, 0.1) is 0 Å². The van der Waals surface area contributed by atoms with Crippen molar-refractivity contribution in [2.24, 2.45) is 0 Å². The van der Waals surface area contributed by atoms with Crippen molar-refractivity contribution >= 4 is 27.5 Å². The summed E-state index contributed by atoms with van der Waals surface area (Å²) in [4.78, 5) is 13.9. The van der Waals surface area contributed by atoms with Crippen molar-refractivity contribution in [3.63, 3.8) is 0 Å². The van der Waals surface area contributed by atoms with Gasteiger partial charge in [0.1, 0.15) is 0 Å². The number of hydrogen-bond donors (Lipinski definition) is 1. The third kappa shape index (κ3) is 3.84. The molecule has 0 bridgehead atoms. The van der Waals surface area contributed by atoms with Crippen LogP contribution in [-0.2, 0) is 6.42 Å². The first-order valence-electron chi connectivity index (χ1n) is 6.42. The van der Waals surface area contributed by atoms with Gasteiger partial charge in [-0.15, -0.1) is 0 Å². The molecule has 2 aromatic carbocycles. The molecular weight excluding hydrogens is 316 g/mol. The van der Waals surface area contributed by atoms with E-state index in [9.17, 15) is 4.79 Å². The molecule has 104 valence electrons. The maximum atomic E-state index is 12.2. The van der Waals surface area contributed by atoms with Crippen molar-refractivity contribution in [2.45, 2.75) is 6.42 Å². The van der Waals surface area contributed by atoms with Crippen LogP contribution in [-0.4, -0.2) is 24.4 Å². The van der Waals surface area contributed by atoms with E-state index in [1.807, 2.05) is 19.2 Å². The number of nitrogens with two attached hydrogens (primary N) is 1. The predicted molar refractivity (Wildman–Crippen MR) is 85.7 cm³/mol. The predicted octanol–water partition coefficient (Wildman–Crippen LogP) is 3.35. The van der Waals surface area contributed by atoms with Gasteiger partial charge in [-0.05, 0) is 48.4 Å². The largest absolute Gasteiger partial charge is 0.399 e. The van der Waals surface area contributed by atoms with E-state index in [2.05, 4.69) is 28.1 Å². The first kappa shape index (κ1) is 14.6. The standard InChI is InChI=1S/C16H17BrN2O/c1-19(11-10-12-2-6-14(17)7-3-12)16(20)13-4-8-15(18)9-5-13/h2-9H,10-11,18H2,1H3. The number of carbonyl (C=O) groups excluding carboxylic acids is 1. The van der Waals surface area contributed by atoms with Gasteiger partial charge in [-0.2, -0.15) is 0 Å². The lowest BCUT2D eigenvalue weighted by molar-refractivity contribution is 0.0796. The van der Waals surface area contributed by atoms with Crippen LogP contribution >= 0.6 is 15.9 Å². The Balaban J connectivity index is 1.94. The van der Waals surface area contributed by atoms with Crippen LogP contribution in [0.2, 0.25) is 0 Å². The lowest BCUT2D eigenvalue weighted by Crippen LogP contribution is -2.28. The molecule has 0 radical (unpaired) electrons. The van der Waals surface area contributed by atoms with Gasteiger partial charge in [0, 0.05) is 29.3 Å². The van der Waals surface area contributed by atoms with Gasteiger partial charge in [0.05, 0.1) is 0 Å². The summed E-state index contributed by atoms with van der Waals surface area (Å²) in [7, 11) is 1.82. The van der Waals surface area contributed by atoms with E-state index in [0.29, 0.717) is 17.8 Å². The molecule has 0 atom stereocenters. The van der Waals surface area contributed by atoms with Crippen LogP contribution in [0.15, 0.2) is 53.0 Å². The molecule has 0 saturated carbocycles. The molecule has 2 rings (SSSR count).